The molecule has 0 atom stereocenters. The molecule has 3 aromatic rings. The van der Waals surface area contributed by atoms with Gasteiger partial charge in [-0.2, -0.15) is 0 Å². The number of aryl methyl sites for hydroxylation is 1. The highest BCUT2D eigenvalue weighted by molar-refractivity contribution is 5.91. The van der Waals surface area contributed by atoms with Crippen LogP contribution in [0, 0.1) is 11.8 Å². The number of fused-ring (bicyclic) bond motifs is 1. The molecule has 0 bridgehead atoms. The van der Waals surface area contributed by atoms with Crippen LogP contribution < -0.4 is 10.5 Å². The molecule has 3 nitrogen and oxygen atoms in total. The minimum Gasteiger partial charge on any atom is -0.370 e. The van der Waals surface area contributed by atoms with Gasteiger partial charge in [0.25, 0.3) is 5.56 Å². The molecule has 0 unspecified atom stereocenters. The smallest absolute Gasteiger partial charge is 0.251 e. The number of hydrogen-bond donors (Lipinski definition) is 0. The summed E-state index contributed by atoms with van der Waals surface area (Å²) >= 11 is 0. The van der Waals surface area contributed by atoms with E-state index in [0.717, 1.165) is 34.3 Å². The lowest BCUT2D eigenvalue weighted by atomic mass is 10.0. The van der Waals surface area contributed by atoms with Crippen molar-refractivity contribution < 1.29 is 0 Å². The summed E-state index contributed by atoms with van der Waals surface area (Å²) in [6, 6.07) is 17.5. The first-order chi connectivity index (χ1) is 12.7. The van der Waals surface area contributed by atoms with Gasteiger partial charge in [0.05, 0.1) is 16.8 Å². The third-order valence-electron chi connectivity index (χ3n) is 4.39. The molecule has 3 rings (SSSR count). The van der Waals surface area contributed by atoms with Crippen LogP contribution in [-0.2, 0) is 6.54 Å². The number of aromatic nitrogens is 1. The van der Waals surface area contributed by atoms with Crippen LogP contribution in [0.5, 0.6) is 0 Å². The number of anilines is 1. The van der Waals surface area contributed by atoms with Gasteiger partial charge in [0.2, 0.25) is 0 Å². The second-order valence-electron chi connectivity index (χ2n) is 6.09. The van der Waals surface area contributed by atoms with Crippen molar-refractivity contribution in [3.8, 4) is 11.8 Å². The van der Waals surface area contributed by atoms with Gasteiger partial charge in [-0.1, -0.05) is 36.1 Å². The zero-order valence-electron chi connectivity index (χ0n) is 15.2. The summed E-state index contributed by atoms with van der Waals surface area (Å²) in [5.74, 6) is 6.59. The molecule has 0 aliphatic heterocycles. The van der Waals surface area contributed by atoms with Crippen molar-refractivity contribution in [1.82, 2.24) is 4.57 Å². The van der Waals surface area contributed by atoms with Crippen LogP contribution in [0.3, 0.4) is 0 Å². The van der Waals surface area contributed by atoms with E-state index in [4.69, 9.17) is 0 Å². The molecule has 1 heterocycles. The first kappa shape index (κ1) is 17.6. The summed E-state index contributed by atoms with van der Waals surface area (Å²) in [4.78, 5) is 14.3. The molecule has 0 spiro atoms. The molecule has 26 heavy (non-hydrogen) atoms. The molecule has 1 aromatic heterocycles. The summed E-state index contributed by atoms with van der Waals surface area (Å²) in [5, 5.41) is 0.989. The molecule has 0 radical (unpaired) electrons. The van der Waals surface area contributed by atoms with Gasteiger partial charge in [0.1, 0.15) is 0 Å². The Kier molecular flexibility index (Phi) is 5.24. The lowest BCUT2D eigenvalue weighted by Gasteiger charge is -2.21. The quantitative estimate of drug-likeness (QED) is 0.528. The Hall–Kier alpha value is -3.25. The zero-order valence-corrected chi connectivity index (χ0v) is 15.2. The molecule has 0 fully saturated rings. The van der Waals surface area contributed by atoms with Crippen LogP contribution in [0.4, 0.5) is 5.69 Å². The van der Waals surface area contributed by atoms with Crippen molar-refractivity contribution in [1.29, 1.82) is 0 Å². The maximum Gasteiger partial charge on any atom is 0.251 e. The van der Waals surface area contributed by atoms with Gasteiger partial charge in [-0.15, -0.1) is 6.58 Å². The summed E-state index contributed by atoms with van der Waals surface area (Å²) in [7, 11) is 2.02. The molecule has 0 saturated heterocycles. The Bertz CT molecular complexity index is 1050. The van der Waals surface area contributed by atoms with Gasteiger partial charge >= 0.3 is 0 Å². The zero-order chi connectivity index (χ0) is 18.5. The second kappa shape index (κ2) is 7.76. The number of hydrogen-bond acceptors (Lipinski definition) is 2. The third-order valence-corrected chi connectivity index (χ3v) is 4.39. The van der Waals surface area contributed by atoms with Crippen LogP contribution in [0.2, 0.25) is 0 Å². The van der Waals surface area contributed by atoms with Crippen molar-refractivity contribution in [2.75, 3.05) is 18.5 Å². The average molecular weight is 342 g/mol. The van der Waals surface area contributed by atoms with E-state index in [1.165, 1.54) is 0 Å². The molecule has 3 heteroatoms. The molecular weight excluding hydrogens is 320 g/mol. The van der Waals surface area contributed by atoms with Gasteiger partial charge in [-0.05, 0) is 37.3 Å². The fourth-order valence-corrected chi connectivity index (χ4v) is 3.09. The minimum atomic E-state index is 0.00849. The Morgan fingerprint density at radius 1 is 1.08 bits per heavy atom. The third kappa shape index (κ3) is 3.41. The van der Waals surface area contributed by atoms with Crippen LogP contribution >= 0.6 is 0 Å². The van der Waals surface area contributed by atoms with Gasteiger partial charge in [-0.3, -0.25) is 4.79 Å². The van der Waals surface area contributed by atoms with E-state index >= 15 is 0 Å². The highest BCUT2D eigenvalue weighted by Crippen LogP contribution is 2.27. The van der Waals surface area contributed by atoms with E-state index in [-0.39, 0.29) is 5.56 Å². The Morgan fingerprint density at radius 3 is 2.54 bits per heavy atom. The predicted molar refractivity (Wildman–Crippen MR) is 110 cm³/mol. The first-order valence-electron chi connectivity index (χ1n) is 8.71. The molecule has 0 aliphatic carbocycles. The molecule has 130 valence electrons. The maximum absolute atomic E-state index is 12.2. The molecule has 0 saturated carbocycles. The predicted octanol–water partition coefficient (Wildman–Crippen LogP) is 4.04. The van der Waals surface area contributed by atoms with E-state index in [9.17, 15) is 4.79 Å². The lowest BCUT2D eigenvalue weighted by molar-refractivity contribution is 0.760. The number of likely N-dealkylation sites (N-methyl/N-ethyl adjacent to an activating group) is 1. The van der Waals surface area contributed by atoms with Crippen molar-refractivity contribution in [2.45, 2.75) is 13.5 Å². The Balaban J connectivity index is 2.28. The van der Waals surface area contributed by atoms with Crippen molar-refractivity contribution in [3.63, 3.8) is 0 Å². The van der Waals surface area contributed by atoms with E-state index in [0.29, 0.717) is 6.54 Å². The maximum atomic E-state index is 12.2. The highest BCUT2D eigenvalue weighted by Gasteiger charge is 2.12. The number of benzene rings is 2. The molecule has 0 N–H and O–H groups in total. The standard InChI is InChI=1S/C23H22N2O/c1-4-17-24(3)21-14-15-22-20(13-16-23(26)25(22)5-2)19(21)12-11-18-9-7-6-8-10-18/h4,6-10,13-16H,1,5,17H2,2-3H3. The monoisotopic (exact) mass is 342 g/mol. The average Bonchev–Trinajstić information content (AvgIpc) is 2.66. The summed E-state index contributed by atoms with van der Waals surface area (Å²) in [5.41, 5.74) is 3.84. The molecule has 2 aromatic carbocycles. The van der Waals surface area contributed by atoms with Crippen LogP contribution in [0.15, 0.2) is 72.0 Å². The summed E-state index contributed by atoms with van der Waals surface area (Å²) in [6.07, 6.45) is 1.87. The van der Waals surface area contributed by atoms with Crippen molar-refractivity contribution in [2.24, 2.45) is 0 Å². The van der Waals surface area contributed by atoms with Gasteiger partial charge in [0, 0.05) is 37.2 Å². The highest BCUT2D eigenvalue weighted by atomic mass is 16.1. The van der Waals surface area contributed by atoms with Gasteiger partial charge in [0.15, 0.2) is 0 Å². The first-order valence-corrected chi connectivity index (χ1v) is 8.71. The van der Waals surface area contributed by atoms with Crippen LogP contribution in [0.1, 0.15) is 18.1 Å². The topological polar surface area (TPSA) is 25.2 Å². The van der Waals surface area contributed by atoms with Gasteiger partial charge in [-0.25, -0.2) is 0 Å². The largest absolute Gasteiger partial charge is 0.370 e. The molecule has 0 aliphatic rings. The lowest BCUT2D eigenvalue weighted by Crippen LogP contribution is -2.20. The number of pyridine rings is 1. The minimum absolute atomic E-state index is 0.00849. The van der Waals surface area contributed by atoms with E-state index in [2.05, 4.69) is 23.3 Å². The van der Waals surface area contributed by atoms with E-state index < -0.39 is 0 Å². The summed E-state index contributed by atoms with van der Waals surface area (Å²) < 4.78 is 1.78. The van der Waals surface area contributed by atoms with Crippen molar-refractivity contribution in [3.05, 3.63) is 88.7 Å². The second-order valence-corrected chi connectivity index (χ2v) is 6.09. The van der Waals surface area contributed by atoms with E-state index in [1.807, 2.05) is 68.6 Å². The van der Waals surface area contributed by atoms with Crippen LogP contribution in [-0.4, -0.2) is 18.2 Å². The van der Waals surface area contributed by atoms with E-state index in [1.54, 1.807) is 10.6 Å². The molecular formula is C23H22N2O. The Labute approximate surface area is 154 Å². The summed E-state index contributed by atoms with van der Waals surface area (Å²) in [6.45, 7) is 7.16. The van der Waals surface area contributed by atoms with Crippen molar-refractivity contribution >= 4 is 16.6 Å². The number of rotatable bonds is 4. The van der Waals surface area contributed by atoms with Gasteiger partial charge < -0.3 is 9.47 Å². The fraction of sp³-hybridized carbons (Fsp3) is 0.174. The van der Waals surface area contributed by atoms with Crippen LogP contribution in [0.25, 0.3) is 10.9 Å². The normalized spacial score (nSPS) is 10.2. The Morgan fingerprint density at radius 2 is 1.85 bits per heavy atom. The number of nitrogens with zero attached hydrogens (tertiary/aromatic N) is 2. The molecule has 0 amide bonds. The SMILES string of the molecule is C=CCN(C)c1ccc2c(ccc(=O)n2CC)c1C#Cc1ccccc1. The fourth-order valence-electron chi connectivity index (χ4n) is 3.09.